The van der Waals surface area contributed by atoms with Crippen LogP contribution in [-0.4, -0.2) is 5.91 Å². The van der Waals surface area contributed by atoms with Crippen LogP contribution >= 0.6 is 34.8 Å². The van der Waals surface area contributed by atoms with E-state index in [1.165, 1.54) is 23.1 Å². The Balaban J connectivity index is 1.90. The number of benzene rings is 3. The normalized spacial score (nSPS) is 16.1. The van der Waals surface area contributed by atoms with Gasteiger partial charge in [-0.15, -0.1) is 0 Å². The molecule has 0 spiro atoms. The summed E-state index contributed by atoms with van der Waals surface area (Å²) in [6, 6.07) is 16.4. The quantitative estimate of drug-likeness (QED) is 0.508. The standard InChI is InChI=1S/C20H12Cl3FN2O/c21-11-5-7-13(15(22)9-11)19-25-18-4-2-1-3-14(18)20(27)26(19)12-6-8-17(24)16(23)10-12/h1-10,19,25H/t19-/m1/s1. The first-order chi connectivity index (χ1) is 13.0. The number of hydrogen-bond acceptors (Lipinski definition) is 2. The second-order valence-electron chi connectivity index (χ2n) is 6.03. The molecule has 7 heteroatoms. The molecule has 3 nitrogen and oxygen atoms in total. The van der Waals surface area contributed by atoms with Crippen LogP contribution in [0.5, 0.6) is 0 Å². The largest absolute Gasteiger partial charge is 0.360 e. The summed E-state index contributed by atoms with van der Waals surface area (Å²) in [6.45, 7) is 0. The van der Waals surface area contributed by atoms with Gasteiger partial charge in [0.1, 0.15) is 12.0 Å². The summed E-state index contributed by atoms with van der Waals surface area (Å²) in [5, 5.41) is 4.15. The Morgan fingerprint density at radius 2 is 1.70 bits per heavy atom. The Morgan fingerprint density at radius 1 is 0.926 bits per heavy atom. The number of nitrogens with zero attached hydrogens (tertiary/aromatic N) is 1. The molecule has 1 atom stereocenters. The zero-order valence-corrected chi connectivity index (χ0v) is 16.0. The summed E-state index contributed by atoms with van der Waals surface area (Å²) in [6.07, 6.45) is -0.612. The Kier molecular flexibility index (Phi) is 4.72. The predicted molar refractivity (Wildman–Crippen MR) is 107 cm³/mol. The molecule has 0 aromatic heterocycles. The molecule has 1 heterocycles. The van der Waals surface area contributed by atoms with Crippen LogP contribution in [0.15, 0.2) is 60.7 Å². The van der Waals surface area contributed by atoms with E-state index < -0.39 is 12.0 Å². The van der Waals surface area contributed by atoms with Gasteiger partial charge in [0, 0.05) is 27.0 Å². The molecular formula is C20H12Cl3FN2O. The van der Waals surface area contributed by atoms with Crippen LogP contribution < -0.4 is 10.2 Å². The van der Waals surface area contributed by atoms with Crippen molar-refractivity contribution in [3.05, 3.63) is 92.7 Å². The molecule has 0 bridgehead atoms. The minimum atomic E-state index is -0.612. The summed E-state index contributed by atoms with van der Waals surface area (Å²) < 4.78 is 13.6. The molecule has 27 heavy (non-hydrogen) atoms. The summed E-state index contributed by atoms with van der Waals surface area (Å²) in [5.41, 5.74) is 2.29. The lowest BCUT2D eigenvalue weighted by Gasteiger charge is -2.38. The Labute approximate surface area is 170 Å². The zero-order chi connectivity index (χ0) is 19.1. The maximum absolute atomic E-state index is 13.6. The fraction of sp³-hybridized carbons (Fsp3) is 0.0500. The monoisotopic (exact) mass is 420 g/mol. The number of carbonyl (C=O) groups excluding carboxylic acids is 1. The molecule has 3 aromatic rings. The van der Waals surface area contributed by atoms with Gasteiger partial charge < -0.3 is 5.32 Å². The molecule has 1 aliphatic rings. The van der Waals surface area contributed by atoms with Gasteiger partial charge in [-0.25, -0.2) is 4.39 Å². The second-order valence-corrected chi connectivity index (χ2v) is 7.28. The van der Waals surface area contributed by atoms with E-state index in [1.807, 2.05) is 12.1 Å². The third kappa shape index (κ3) is 3.25. The molecule has 0 unspecified atom stereocenters. The van der Waals surface area contributed by atoms with E-state index in [9.17, 15) is 9.18 Å². The Hall–Kier alpha value is -2.27. The van der Waals surface area contributed by atoms with Crippen molar-refractivity contribution in [2.45, 2.75) is 6.17 Å². The van der Waals surface area contributed by atoms with Crippen LogP contribution in [0.2, 0.25) is 15.1 Å². The summed E-state index contributed by atoms with van der Waals surface area (Å²) in [4.78, 5) is 14.8. The van der Waals surface area contributed by atoms with Gasteiger partial charge in [-0.3, -0.25) is 9.69 Å². The fourth-order valence-electron chi connectivity index (χ4n) is 3.10. The van der Waals surface area contributed by atoms with Gasteiger partial charge in [0.25, 0.3) is 5.91 Å². The van der Waals surface area contributed by atoms with Crippen LogP contribution in [0.4, 0.5) is 15.8 Å². The molecule has 0 saturated carbocycles. The predicted octanol–water partition coefficient (Wildman–Crippen LogP) is 6.56. The van der Waals surface area contributed by atoms with Gasteiger partial charge in [-0.2, -0.15) is 0 Å². The molecule has 0 fully saturated rings. The van der Waals surface area contributed by atoms with E-state index >= 15 is 0 Å². The number of halogens is 4. The van der Waals surface area contributed by atoms with Crippen LogP contribution in [0, 0.1) is 5.82 Å². The molecule has 3 aromatic carbocycles. The first-order valence-corrected chi connectivity index (χ1v) is 9.18. The number of nitrogens with one attached hydrogen (secondary N) is 1. The minimum Gasteiger partial charge on any atom is -0.360 e. The van der Waals surface area contributed by atoms with E-state index in [0.29, 0.717) is 32.5 Å². The number of anilines is 2. The van der Waals surface area contributed by atoms with Crippen LogP contribution in [0.1, 0.15) is 22.1 Å². The van der Waals surface area contributed by atoms with E-state index in [2.05, 4.69) is 5.32 Å². The van der Waals surface area contributed by atoms with Crippen molar-refractivity contribution in [3.8, 4) is 0 Å². The molecule has 0 aliphatic carbocycles. The number of carbonyl (C=O) groups is 1. The summed E-state index contributed by atoms with van der Waals surface area (Å²) in [5.74, 6) is -0.803. The van der Waals surface area contributed by atoms with E-state index in [-0.39, 0.29) is 10.9 Å². The first-order valence-electron chi connectivity index (χ1n) is 8.05. The molecule has 0 saturated heterocycles. The number of para-hydroxylation sites is 1. The topological polar surface area (TPSA) is 32.3 Å². The van der Waals surface area contributed by atoms with Gasteiger partial charge >= 0.3 is 0 Å². The molecular weight excluding hydrogens is 410 g/mol. The molecule has 0 radical (unpaired) electrons. The SMILES string of the molecule is O=C1c2ccccc2N[C@@H](c2ccc(Cl)cc2Cl)N1c1ccc(F)c(Cl)c1. The van der Waals surface area contributed by atoms with Crippen molar-refractivity contribution < 1.29 is 9.18 Å². The third-order valence-electron chi connectivity index (χ3n) is 4.37. The zero-order valence-electron chi connectivity index (χ0n) is 13.7. The molecule has 4 rings (SSSR count). The number of fused-ring (bicyclic) bond motifs is 1. The summed E-state index contributed by atoms with van der Waals surface area (Å²) in [7, 11) is 0. The van der Waals surface area contributed by atoms with Crippen molar-refractivity contribution in [3.63, 3.8) is 0 Å². The maximum Gasteiger partial charge on any atom is 0.262 e. The van der Waals surface area contributed by atoms with Crippen molar-refractivity contribution in [2.24, 2.45) is 0 Å². The first kappa shape index (κ1) is 18.1. The van der Waals surface area contributed by atoms with Gasteiger partial charge in [-0.05, 0) is 42.5 Å². The molecule has 1 N–H and O–H groups in total. The molecule has 136 valence electrons. The highest BCUT2D eigenvalue weighted by atomic mass is 35.5. The highest BCUT2D eigenvalue weighted by molar-refractivity contribution is 6.35. The fourth-order valence-corrected chi connectivity index (χ4v) is 3.78. The molecule has 1 aliphatic heterocycles. The summed E-state index contributed by atoms with van der Waals surface area (Å²) >= 11 is 18.4. The van der Waals surface area contributed by atoms with Crippen molar-refractivity contribution >= 4 is 52.1 Å². The number of amides is 1. The van der Waals surface area contributed by atoms with Crippen LogP contribution in [0.25, 0.3) is 0 Å². The average molecular weight is 422 g/mol. The van der Waals surface area contributed by atoms with Crippen LogP contribution in [0.3, 0.4) is 0 Å². The van der Waals surface area contributed by atoms with E-state index in [4.69, 9.17) is 34.8 Å². The minimum absolute atomic E-state index is 0.0693. The number of hydrogen-bond donors (Lipinski definition) is 1. The van der Waals surface area contributed by atoms with Gasteiger partial charge in [0.05, 0.1) is 10.6 Å². The average Bonchev–Trinajstić information content (AvgIpc) is 2.64. The Bertz CT molecular complexity index is 1060. The van der Waals surface area contributed by atoms with E-state index in [1.54, 1.807) is 30.3 Å². The lowest BCUT2D eigenvalue weighted by atomic mass is 10.0. The van der Waals surface area contributed by atoms with E-state index in [0.717, 1.165) is 0 Å². The lowest BCUT2D eigenvalue weighted by molar-refractivity contribution is 0.0975. The van der Waals surface area contributed by atoms with Gasteiger partial charge in [0.15, 0.2) is 0 Å². The third-order valence-corrected chi connectivity index (χ3v) is 5.22. The van der Waals surface area contributed by atoms with Crippen molar-refractivity contribution in [1.82, 2.24) is 0 Å². The smallest absolute Gasteiger partial charge is 0.262 e. The maximum atomic E-state index is 13.6. The van der Waals surface area contributed by atoms with Crippen LogP contribution in [-0.2, 0) is 0 Å². The van der Waals surface area contributed by atoms with Gasteiger partial charge in [-0.1, -0.05) is 53.0 Å². The second kappa shape index (κ2) is 7.04. The highest BCUT2D eigenvalue weighted by Gasteiger charge is 2.35. The number of rotatable bonds is 2. The van der Waals surface area contributed by atoms with Crippen molar-refractivity contribution in [2.75, 3.05) is 10.2 Å². The van der Waals surface area contributed by atoms with Gasteiger partial charge in [0.2, 0.25) is 0 Å². The lowest BCUT2D eigenvalue weighted by Crippen LogP contribution is -2.43. The Morgan fingerprint density at radius 3 is 2.44 bits per heavy atom. The molecule has 1 amide bonds. The van der Waals surface area contributed by atoms with Crippen molar-refractivity contribution in [1.29, 1.82) is 0 Å². The highest BCUT2D eigenvalue weighted by Crippen LogP contribution is 2.40.